The predicted molar refractivity (Wildman–Crippen MR) is 205 cm³/mol. The third-order valence-electron chi connectivity index (χ3n) is 9.68. The summed E-state index contributed by atoms with van der Waals surface area (Å²) in [6, 6.07) is 16.5. The summed E-state index contributed by atoms with van der Waals surface area (Å²) in [6.07, 6.45) is 2.81. The van der Waals surface area contributed by atoms with Crippen LogP contribution in [-0.4, -0.2) is 82.9 Å². The third kappa shape index (κ3) is 11.7. The average Bonchev–Trinajstić information content (AvgIpc) is 3.48. The van der Waals surface area contributed by atoms with Crippen molar-refractivity contribution in [1.82, 2.24) is 30.9 Å². The van der Waals surface area contributed by atoms with Crippen LogP contribution in [0, 0.1) is 0 Å². The summed E-state index contributed by atoms with van der Waals surface area (Å²) in [5.41, 5.74) is 4.61. The number of hydrogen-bond donors (Lipinski definition) is 3. The van der Waals surface area contributed by atoms with Gasteiger partial charge >= 0.3 is 0 Å². The van der Waals surface area contributed by atoms with Gasteiger partial charge in [-0.1, -0.05) is 61.5 Å². The van der Waals surface area contributed by atoms with Gasteiger partial charge in [-0.3, -0.25) is 9.59 Å². The Morgan fingerprint density at radius 3 is 2.29 bits per heavy atom. The van der Waals surface area contributed by atoms with Crippen LogP contribution in [0.5, 0.6) is 0 Å². The van der Waals surface area contributed by atoms with Gasteiger partial charge in [0.1, 0.15) is 5.69 Å². The topological polar surface area (TPSA) is 123 Å². The average molecular weight is 704 g/mol. The van der Waals surface area contributed by atoms with Crippen LogP contribution in [-0.2, 0) is 32.2 Å². The number of benzene rings is 2. The Morgan fingerprint density at radius 1 is 0.863 bits per heavy atom. The number of aromatic nitrogens is 3. The van der Waals surface area contributed by atoms with Gasteiger partial charge in [0, 0.05) is 55.7 Å². The van der Waals surface area contributed by atoms with Crippen molar-refractivity contribution in [1.29, 1.82) is 0 Å². The first kappa shape index (κ1) is 40.1. The fourth-order valence-corrected chi connectivity index (χ4v) is 6.15. The van der Waals surface area contributed by atoms with Crippen LogP contribution in [0.25, 0.3) is 22.5 Å². The number of para-hydroxylation sites is 1. The molecule has 11 heteroatoms. The smallest absolute Gasteiger partial charge is 0.229 e. The quantitative estimate of drug-likeness (QED) is 0.137. The van der Waals surface area contributed by atoms with Gasteiger partial charge in [-0.05, 0) is 79.0 Å². The van der Waals surface area contributed by atoms with Crippen LogP contribution in [0.3, 0.4) is 0 Å². The zero-order chi connectivity index (χ0) is 37.2. The molecule has 0 bridgehead atoms. The van der Waals surface area contributed by atoms with Gasteiger partial charge in [-0.25, -0.2) is 4.68 Å². The Labute approximate surface area is 305 Å². The van der Waals surface area contributed by atoms with Crippen LogP contribution in [0.15, 0.2) is 48.5 Å². The number of rotatable bonds is 19. The first-order valence-corrected chi connectivity index (χ1v) is 18.5. The van der Waals surface area contributed by atoms with Crippen LogP contribution in [0.1, 0.15) is 93.1 Å². The second kappa shape index (κ2) is 17.7. The summed E-state index contributed by atoms with van der Waals surface area (Å²) < 4.78 is 13.5. The predicted octanol–water partition coefficient (Wildman–Crippen LogP) is 6.11. The van der Waals surface area contributed by atoms with E-state index in [1.807, 2.05) is 79.7 Å². The molecular formula is C40H61N7O4. The normalized spacial score (nSPS) is 13.3. The highest BCUT2D eigenvalue weighted by Crippen LogP contribution is 2.41. The van der Waals surface area contributed by atoms with E-state index in [1.54, 1.807) is 7.11 Å². The van der Waals surface area contributed by atoms with Crippen molar-refractivity contribution < 1.29 is 19.1 Å². The number of anilines is 1. The molecule has 0 unspecified atom stereocenters. The van der Waals surface area contributed by atoms with Crippen molar-refractivity contribution >= 4 is 17.5 Å². The number of nitrogens with one attached hydrogen (secondary N) is 3. The molecule has 0 aliphatic carbocycles. The van der Waals surface area contributed by atoms with E-state index in [9.17, 15) is 9.59 Å². The van der Waals surface area contributed by atoms with E-state index in [0.29, 0.717) is 45.1 Å². The molecule has 1 aromatic heterocycles. The molecule has 2 aromatic carbocycles. The Bertz CT molecular complexity index is 1600. The molecule has 0 radical (unpaired) electrons. The molecule has 1 aliphatic rings. The molecule has 51 heavy (non-hydrogen) atoms. The summed E-state index contributed by atoms with van der Waals surface area (Å²) in [4.78, 5) is 28.7. The molecular weight excluding hydrogens is 642 g/mol. The molecule has 2 heterocycles. The molecule has 0 spiro atoms. The highest BCUT2D eigenvalue weighted by Gasteiger charge is 2.29. The van der Waals surface area contributed by atoms with Crippen molar-refractivity contribution in [3.63, 3.8) is 0 Å². The lowest BCUT2D eigenvalue weighted by molar-refractivity contribution is -0.123. The largest absolute Gasteiger partial charge is 0.379 e. The summed E-state index contributed by atoms with van der Waals surface area (Å²) in [5, 5.41) is 19.5. The minimum Gasteiger partial charge on any atom is -0.379 e. The van der Waals surface area contributed by atoms with Gasteiger partial charge in [0.25, 0.3) is 0 Å². The molecule has 0 fully saturated rings. The lowest BCUT2D eigenvalue weighted by atomic mass is 9.95. The van der Waals surface area contributed by atoms with Gasteiger partial charge in [0.15, 0.2) is 0 Å². The number of fused-ring (bicyclic) bond motifs is 5. The molecule has 3 N–H and O–H groups in total. The van der Waals surface area contributed by atoms with Crippen molar-refractivity contribution in [2.75, 3.05) is 38.3 Å². The van der Waals surface area contributed by atoms with E-state index in [1.165, 1.54) is 0 Å². The number of nitrogens with zero attached hydrogens (tertiary/aromatic N) is 4. The fourth-order valence-electron chi connectivity index (χ4n) is 6.15. The molecule has 11 nitrogen and oxygen atoms in total. The summed E-state index contributed by atoms with van der Waals surface area (Å²) in [6.45, 7) is 20.3. The number of methoxy groups -OCH3 is 1. The zero-order valence-electron chi connectivity index (χ0n) is 32.4. The summed E-state index contributed by atoms with van der Waals surface area (Å²) in [5.74, 6) is -0.162. The Kier molecular flexibility index (Phi) is 13.9. The SMILES string of the molecule is COC(C)(C)CCOC(C)(C)CCC(=O)NCCC(=O)N1Cc2ccccc2-c2nnn(CCNC(C)(C)CCNC(C)C)c2-c2ccccc21. The van der Waals surface area contributed by atoms with Gasteiger partial charge < -0.3 is 30.3 Å². The number of ether oxygens (including phenoxy) is 2. The van der Waals surface area contributed by atoms with E-state index >= 15 is 0 Å². The lowest BCUT2D eigenvalue weighted by Crippen LogP contribution is -2.43. The molecule has 0 saturated heterocycles. The monoisotopic (exact) mass is 703 g/mol. The van der Waals surface area contributed by atoms with Crippen LogP contribution < -0.4 is 20.9 Å². The van der Waals surface area contributed by atoms with Crippen molar-refractivity contribution in [2.45, 2.75) is 123 Å². The van der Waals surface area contributed by atoms with E-state index < -0.39 is 5.60 Å². The van der Waals surface area contributed by atoms with E-state index in [-0.39, 0.29) is 35.9 Å². The number of carbonyl (C=O) groups excluding carboxylic acids is 2. The lowest BCUT2D eigenvalue weighted by Gasteiger charge is -2.29. The molecule has 0 atom stereocenters. The highest BCUT2D eigenvalue weighted by atomic mass is 16.5. The minimum atomic E-state index is -0.448. The second-order valence-corrected chi connectivity index (χ2v) is 15.8. The maximum absolute atomic E-state index is 14.0. The first-order valence-electron chi connectivity index (χ1n) is 18.5. The second-order valence-electron chi connectivity index (χ2n) is 15.8. The van der Waals surface area contributed by atoms with Crippen LogP contribution >= 0.6 is 0 Å². The van der Waals surface area contributed by atoms with Crippen molar-refractivity contribution in [3.05, 3.63) is 54.1 Å². The summed E-state index contributed by atoms with van der Waals surface area (Å²) >= 11 is 0. The maximum Gasteiger partial charge on any atom is 0.229 e. The van der Waals surface area contributed by atoms with Crippen LogP contribution in [0.2, 0.25) is 0 Å². The Morgan fingerprint density at radius 2 is 1.57 bits per heavy atom. The van der Waals surface area contributed by atoms with E-state index in [4.69, 9.17) is 14.6 Å². The molecule has 2 amide bonds. The van der Waals surface area contributed by atoms with Crippen molar-refractivity contribution in [2.24, 2.45) is 0 Å². The Balaban J connectivity index is 1.44. The third-order valence-corrected chi connectivity index (χ3v) is 9.68. The molecule has 1 aliphatic heterocycles. The van der Waals surface area contributed by atoms with E-state index in [0.717, 1.165) is 53.2 Å². The van der Waals surface area contributed by atoms with Gasteiger partial charge in [-0.15, -0.1) is 5.10 Å². The summed E-state index contributed by atoms with van der Waals surface area (Å²) in [7, 11) is 1.70. The number of carbonyl (C=O) groups is 2. The first-order chi connectivity index (χ1) is 24.1. The molecule has 280 valence electrons. The molecule has 3 aromatic rings. The van der Waals surface area contributed by atoms with E-state index in [2.05, 4.69) is 54.9 Å². The Hall–Kier alpha value is -3.64. The number of hydrogen-bond acceptors (Lipinski definition) is 8. The molecule has 4 rings (SSSR count). The molecule has 0 saturated carbocycles. The van der Waals surface area contributed by atoms with Crippen molar-refractivity contribution in [3.8, 4) is 22.5 Å². The fraction of sp³-hybridized carbons (Fsp3) is 0.600. The standard InChI is InChI=1S/C40H61N7O4/c1-29(2)41-24-21-38(3,4)43-25-26-47-37-32-16-12-13-17-33(32)46(28-30-14-10-11-15-31(30)36(37)44-45-47)35(49)19-23-42-34(48)18-20-40(7,8)51-27-22-39(5,6)50-9/h10-17,29,41,43H,18-28H2,1-9H3,(H,42,48). The highest BCUT2D eigenvalue weighted by molar-refractivity contribution is 6.00. The minimum absolute atomic E-state index is 0.0500. The number of amides is 2. The zero-order valence-corrected chi connectivity index (χ0v) is 32.4. The van der Waals surface area contributed by atoms with Gasteiger partial charge in [0.05, 0.1) is 42.3 Å². The van der Waals surface area contributed by atoms with Crippen LogP contribution in [0.4, 0.5) is 5.69 Å². The van der Waals surface area contributed by atoms with Gasteiger partial charge in [0.2, 0.25) is 11.8 Å². The van der Waals surface area contributed by atoms with Gasteiger partial charge in [-0.2, -0.15) is 0 Å². The maximum atomic E-state index is 14.0.